The Balaban J connectivity index is 1.39. The SMILES string of the molecule is CCCCC[C@H]1CC[C@H](CCc2ccc(CC[C@H]3CC[C@H](CCC)CC3)c(C#N)c2)CC1. The highest BCUT2D eigenvalue weighted by Gasteiger charge is 2.22. The summed E-state index contributed by atoms with van der Waals surface area (Å²) in [6.45, 7) is 4.62. The summed E-state index contributed by atoms with van der Waals surface area (Å²) in [5.41, 5.74) is 3.62. The average Bonchev–Trinajstić information content (AvgIpc) is 2.83. The molecule has 0 spiro atoms. The summed E-state index contributed by atoms with van der Waals surface area (Å²) >= 11 is 0. The smallest absolute Gasteiger partial charge is 0.0994 e. The average molecular weight is 436 g/mol. The Morgan fingerprint density at radius 2 is 1.25 bits per heavy atom. The van der Waals surface area contributed by atoms with Crippen LogP contribution in [0.1, 0.15) is 133 Å². The molecule has 1 heteroatoms. The Hall–Kier alpha value is -1.29. The minimum Gasteiger partial charge on any atom is -0.192 e. The van der Waals surface area contributed by atoms with Crippen LogP contribution < -0.4 is 0 Å². The van der Waals surface area contributed by atoms with E-state index in [4.69, 9.17) is 0 Å². The first-order valence-electron chi connectivity index (χ1n) is 14.2. The Morgan fingerprint density at radius 3 is 1.81 bits per heavy atom. The summed E-state index contributed by atoms with van der Waals surface area (Å²) in [5, 5.41) is 9.76. The van der Waals surface area contributed by atoms with E-state index in [9.17, 15) is 5.26 Å². The van der Waals surface area contributed by atoms with Crippen molar-refractivity contribution in [2.24, 2.45) is 23.7 Å². The Bertz CT molecular complexity index is 683. The predicted octanol–water partition coefficient (Wildman–Crippen LogP) is 9.42. The number of hydrogen-bond acceptors (Lipinski definition) is 1. The van der Waals surface area contributed by atoms with Gasteiger partial charge in [0.05, 0.1) is 11.6 Å². The molecule has 0 radical (unpaired) electrons. The summed E-state index contributed by atoms with van der Waals surface area (Å²) in [6.07, 6.45) is 24.7. The van der Waals surface area contributed by atoms with Gasteiger partial charge in [0.15, 0.2) is 0 Å². The number of nitrogens with zero attached hydrogens (tertiary/aromatic N) is 1. The predicted molar refractivity (Wildman–Crippen MR) is 138 cm³/mol. The second-order valence-electron chi connectivity index (χ2n) is 11.2. The molecule has 32 heavy (non-hydrogen) atoms. The molecular formula is C31H49N. The van der Waals surface area contributed by atoms with Crippen LogP contribution in [0.2, 0.25) is 0 Å². The van der Waals surface area contributed by atoms with Gasteiger partial charge >= 0.3 is 0 Å². The summed E-state index contributed by atoms with van der Waals surface area (Å²) in [5.74, 6) is 3.78. The molecule has 2 saturated carbocycles. The summed E-state index contributed by atoms with van der Waals surface area (Å²) in [4.78, 5) is 0. The molecule has 0 N–H and O–H groups in total. The van der Waals surface area contributed by atoms with E-state index < -0.39 is 0 Å². The van der Waals surface area contributed by atoms with Crippen LogP contribution in [-0.2, 0) is 12.8 Å². The maximum absolute atomic E-state index is 9.76. The molecule has 0 amide bonds. The lowest BCUT2D eigenvalue weighted by Gasteiger charge is -2.28. The van der Waals surface area contributed by atoms with Crippen LogP contribution >= 0.6 is 0 Å². The van der Waals surface area contributed by atoms with E-state index in [1.807, 2.05) is 0 Å². The van der Waals surface area contributed by atoms with Gasteiger partial charge in [-0.05, 0) is 66.5 Å². The maximum Gasteiger partial charge on any atom is 0.0994 e. The maximum atomic E-state index is 9.76. The van der Waals surface area contributed by atoms with Crippen molar-refractivity contribution in [3.63, 3.8) is 0 Å². The van der Waals surface area contributed by atoms with Crippen molar-refractivity contribution in [1.82, 2.24) is 0 Å². The Kier molecular flexibility index (Phi) is 11.1. The number of rotatable bonds is 12. The van der Waals surface area contributed by atoms with Crippen LogP contribution in [0.4, 0.5) is 0 Å². The van der Waals surface area contributed by atoms with Crippen molar-refractivity contribution in [3.05, 3.63) is 34.9 Å². The van der Waals surface area contributed by atoms with Crippen LogP contribution in [0.5, 0.6) is 0 Å². The van der Waals surface area contributed by atoms with Crippen molar-refractivity contribution in [2.75, 3.05) is 0 Å². The molecule has 0 saturated heterocycles. The van der Waals surface area contributed by atoms with Gasteiger partial charge in [-0.2, -0.15) is 5.26 Å². The van der Waals surface area contributed by atoms with E-state index in [0.717, 1.165) is 42.1 Å². The van der Waals surface area contributed by atoms with Crippen LogP contribution in [0, 0.1) is 35.0 Å². The Morgan fingerprint density at radius 1 is 0.688 bits per heavy atom. The van der Waals surface area contributed by atoms with Gasteiger partial charge in [0.1, 0.15) is 0 Å². The summed E-state index contributed by atoms with van der Waals surface area (Å²) in [6, 6.07) is 9.33. The standard InChI is InChI=1S/C31H49N/c1-3-5-6-8-26-11-15-27(16-12-26)17-18-29-20-22-30(31(23-29)24-32)21-19-28-13-9-25(7-4-2)10-14-28/h20,22-23,25-28H,3-19,21H2,1-2H3/t25-,26-,27-,28-. The molecule has 1 aromatic carbocycles. The third-order valence-corrected chi connectivity index (χ3v) is 8.80. The van der Waals surface area contributed by atoms with E-state index in [2.05, 4.69) is 38.1 Å². The fourth-order valence-corrected chi connectivity index (χ4v) is 6.54. The number of unbranched alkanes of at least 4 members (excludes halogenated alkanes) is 2. The molecule has 0 heterocycles. The van der Waals surface area contributed by atoms with Gasteiger partial charge in [-0.15, -0.1) is 0 Å². The van der Waals surface area contributed by atoms with E-state index in [1.54, 1.807) is 0 Å². The largest absolute Gasteiger partial charge is 0.192 e. The molecule has 2 aliphatic carbocycles. The highest BCUT2D eigenvalue weighted by Crippen LogP contribution is 2.35. The van der Waals surface area contributed by atoms with Gasteiger partial charge in [0.2, 0.25) is 0 Å². The van der Waals surface area contributed by atoms with Gasteiger partial charge in [-0.3, -0.25) is 0 Å². The lowest BCUT2D eigenvalue weighted by molar-refractivity contribution is 0.249. The lowest BCUT2D eigenvalue weighted by Crippen LogP contribution is -2.15. The van der Waals surface area contributed by atoms with E-state index in [0.29, 0.717) is 0 Å². The van der Waals surface area contributed by atoms with E-state index in [-0.39, 0.29) is 0 Å². The van der Waals surface area contributed by atoms with Crippen molar-refractivity contribution < 1.29 is 0 Å². The van der Waals surface area contributed by atoms with Gasteiger partial charge < -0.3 is 0 Å². The van der Waals surface area contributed by atoms with Crippen molar-refractivity contribution >= 4 is 0 Å². The number of benzene rings is 1. The molecule has 1 aromatic rings. The van der Waals surface area contributed by atoms with Crippen LogP contribution in [0.25, 0.3) is 0 Å². The lowest BCUT2D eigenvalue weighted by atomic mass is 9.77. The van der Waals surface area contributed by atoms with Crippen molar-refractivity contribution in [2.45, 2.75) is 129 Å². The van der Waals surface area contributed by atoms with Crippen LogP contribution in [-0.4, -0.2) is 0 Å². The van der Waals surface area contributed by atoms with Crippen LogP contribution in [0.3, 0.4) is 0 Å². The Labute approximate surface area is 199 Å². The summed E-state index contributed by atoms with van der Waals surface area (Å²) in [7, 11) is 0. The van der Waals surface area contributed by atoms with Gasteiger partial charge in [-0.25, -0.2) is 0 Å². The quantitative estimate of drug-likeness (QED) is 0.300. The van der Waals surface area contributed by atoms with E-state index in [1.165, 1.54) is 114 Å². The topological polar surface area (TPSA) is 23.8 Å². The molecule has 178 valence electrons. The molecule has 2 fully saturated rings. The zero-order valence-electron chi connectivity index (χ0n) is 21.2. The second kappa shape index (κ2) is 14.1. The molecule has 0 atom stereocenters. The first-order chi connectivity index (χ1) is 15.7. The van der Waals surface area contributed by atoms with Gasteiger partial charge in [0.25, 0.3) is 0 Å². The number of hydrogen-bond donors (Lipinski definition) is 0. The fraction of sp³-hybridized carbons (Fsp3) is 0.774. The fourth-order valence-electron chi connectivity index (χ4n) is 6.54. The first-order valence-corrected chi connectivity index (χ1v) is 14.2. The number of aryl methyl sites for hydroxylation is 2. The third-order valence-electron chi connectivity index (χ3n) is 8.80. The molecule has 2 aliphatic rings. The van der Waals surface area contributed by atoms with Crippen molar-refractivity contribution in [3.8, 4) is 6.07 Å². The monoisotopic (exact) mass is 435 g/mol. The minimum atomic E-state index is 0.881. The molecule has 0 bridgehead atoms. The number of nitriles is 1. The summed E-state index contributed by atoms with van der Waals surface area (Å²) < 4.78 is 0. The molecule has 3 rings (SSSR count). The highest BCUT2D eigenvalue weighted by molar-refractivity contribution is 5.41. The van der Waals surface area contributed by atoms with Gasteiger partial charge in [-0.1, -0.05) is 116 Å². The molecule has 0 unspecified atom stereocenters. The normalized spacial score (nSPS) is 26.0. The molecule has 1 nitrogen and oxygen atoms in total. The first kappa shape index (κ1) is 25.3. The van der Waals surface area contributed by atoms with Gasteiger partial charge in [0, 0.05) is 0 Å². The zero-order valence-corrected chi connectivity index (χ0v) is 21.2. The zero-order chi connectivity index (χ0) is 22.6. The van der Waals surface area contributed by atoms with Crippen LogP contribution in [0.15, 0.2) is 18.2 Å². The van der Waals surface area contributed by atoms with Crippen molar-refractivity contribution in [1.29, 1.82) is 5.26 Å². The molecular weight excluding hydrogens is 386 g/mol. The highest BCUT2D eigenvalue weighted by atomic mass is 14.3. The second-order valence-corrected chi connectivity index (χ2v) is 11.2. The van der Waals surface area contributed by atoms with E-state index >= 15 is 0 Å². The third kappa shape index (κ3) is 8.24. The molecule has 0 aromatic heterocycles. The molecule has 0 aliphatic heterocycles. The minimum absolute atomic E-state index is 0.881.